The van der Waals surface area contributed by atoms with E-state index in [1.165, 1.54) is 6.42 Å². The number of anilines is 1. The highest BCUT2D eigenvalue weighted by Crippen LogP contribution is 2.31. The highest BCUT2D eigenvalue weighted by Gasteiger charge is 2.33. The summed E-state index contributed by atoms with van der Waals surface area (Å²) in [6, 6.07) is 3.68. The third kappa shape index (κ3) is 2.63. The van der Waals surface area contributed by atoms with Crippen LogP contribution < -0.4 is 10.6 Å². The van der Waals surface area contributed by atoms with Crippen LogP contribution in [0.25, 0.3) is 0 Å². The highest BCUT2D eigenvalue weighted by atomic mass is 16.1. The van der Waals surface area contributed by atoms with Gasteiger partial charge >= 0.3 is 0 Å². The van der Waals surface area contributed by atoms with Crippen LogP contribution in [0.1, 0.15) is 49.2 Å². The molecule has 1 saturated carbocycles. The summed E-state index contributed by atoms with van der Waals surface area (Å²) in [6.45, 7) is 4.14. The van der Waals surface area contributed by atoms with Crippen molar-refractivity contribution in [3.8, 4) is 0 Å². The van der Waals surface area contributed by atoms with Gasteiger partial charge < -0.3 is 10.6 Å². The van der Waals surface area contributed by atoms with Gasteiger partial charge in [-0.2, -0.15) is 0 Å². The van der Waals surface area contributed by atoms with E-state index in [2.05, 4.69) is 22.5 Å². The SMILES string of the molecule is CCc1cc(C(=O)NC2(C)CCC2)cc(NC)n1. The minimum absolute atomic E-state index is 0.00537. The number of aryl methyl sites for hydroxylation is 1. The Morgan fingerprint density at radius 3 is 2.67 bits per heavy atom. The smallest absolute Gasteiger partial charge is 0.251 e. The molecule has 98 valence electrons. The van der Waals surface area contributed by atoms with E-state index in [0.717, 1.165) is 30.8 Å². The Bertz CT molecular complexity index is 430. The molecule has 0 saturated heterocycles. The highest BCUT2D eigenvalue weighted by molar-refractivity contribution is 5.95. The number of amides is 1. The van der Waals surface area contributed by atoms with Gasteiger partial charge in [-0.1, -0.05) is 6.92 Å². The number of hydrogen-bond donors (Lipinski definition) is 2. The Morgan fingerprint density at radius 1 is 1.44 bits per heavy atom. The molecule has 1 amide bonds. The summed E-state index contributed by atoms with van der Waals surface area (Å²) >= 11 is 0. The second-order valence-electron chi connectivity index (χ2n) is 5.20. The molecule has 0 bridgehead atoms. The molecule has 1 aliphatic carbocycles. The number of aromatic nitrogens is 1. The van der Waals surface area contributed by atoms with Crippen LogP contribution in [-0.4, -0.2) is 23.5 Å². The topological polar surface area (TPSA) is 54.0 Å². The van der Waals surface area contributed by atoms with E-state index < -0.39 is 0 Å². The second kappa shape index (κ2) is 4.96. The number of pyridine rings is 1. The number of hydrogen-bond acceptors (Lipinski definition) is 3. The second-order valence-corrected chi connectivity index (χ2v) is 5.20. The largest absolute Gasteiger partial charge is 0.373 e. The fraction of sp³-hybridized carbons (Fsp3) is 0.571. The lowest BCUT2D eigenvalue weighted by Crippen LogP contribution is -2.50. The van der Waals surface area contributed by atoms with Gasteiger partial charge in [0.1, 0.15) is 5.82 Å². The van der Waals surface area contributed by atoms with Crippen molar-refractivity contribution in [3.63, 3.8) is 0 Å². The standard InChI is InChI=1S/C14H21N3O/c1-4-11-8-10(9-12(15-3)16-11)13(18)17-14(2)6-5-7-14/h8-9H,4-7H2,1-3H3,(H,15,16)(H,17,18). The van der Waals surface area contributed by atoms with Crippen molar-refractivity contribution in [1.29, 1.82) is 0 Å². The third-order valence-electron chi connectivity index (χ3n) is 3.63. The Kier molecular flexibility index (Phi) is 3.55. The van der Waals surface area contributed by atoms with Crippen LogP contribution in [0.5, 0.6) is 0 Å². The zero-order valence-electron chi connectivity index (χ0n) is 11.3. The van der Waals surface area contributed by atoms with E-state index in [1.54, 1.807) is 6.07 Å². The van der Waals surface area contributed by atoms with Gasteiger partial charge in [-0.05, 0) is 44.7 Å². The van der Waals surface area contributed by atoms with Gasteiger partial charge in [0, 0.05) is 23.8 Å². The Balaban J connectivity index is 2.18. The van der Waals surface area contributed by atoms with Gasteiger partial charge in [0.2, 0.25) is 0 Å². The molecule has 0 spiro atoms. The van der Waals surface area contributed by atoms with Crippen molar-refractivity contribution in [2.75, 3.05) is 12.4 Å². The Labute approximate surface area is 108 Å². The number of nitrogens with zero attached hydrogens (tertiary/aromatic N) is 1. The average molecular weight is 247 g/mol. The normalized spacial score (nSPS) is 16.8. The van der Waals surface area contributed by atoms with E-state index >= 15 is 0 Å². The van der Waals surface area contributed by atoms with E-state index in [-0.39, 0.29) is 11.4 Å². The first-order chi connectivity index (χ1) is 8.56. The van der Waals surface area contributed by atoms with Crippen LogP contribution in [0.15, 0.2) is 12.1 Å². The van der Waals surface area contributed by atoms with Gasteiger partial charge in [-0.3, -0.25) is 4.79 Å². The van der Waals surface area contributed by atoms with Crippen molar-refractivity contribution in [1.82, 2.24) is 10.3 Å². The Morgan fingerprint density at radius 2 is 2.17 bits per heavy atom. The maximum absolute atomic E-state index is 12.2. The average Bonchev–Trinajstić information content (AvgIpc) is 2.36. The van der Waals surface area contributed by atoms with Crippen LogP contribution >= 0.6 is 0 Å². The number of rotatable bonds is 4. The molecular formula is C14H21N3O. The van der Waals surface area contributed by atoms with E-state index in [1.807, 2.05) is 20.0 Å². The summed E-state index contributed by atoms with van der Waals surface area (Å²) < 4.78 is 0. The number of carbonyl (C=O) groups excluding carboxylic acids is 1. The summed E-state index contributed by atoms with van der Waals surface area (Å²) in [7, 11) is 1.82. The van der Waals surface area contributed by atoms with E-state index in [9.17, 15) is 4.79 Å². The predicted octanol–water partition coefficient (Wildman–Crippen LogP) is 2.36. The fourth-order valence-electron chi connectivity index (χ4n) is 2.21. The molecule has 0 aromatic carbocycles. The maximum Gasteiger partial charge on any atom is 0.251 e. The van der Waals surface area contributed by atoms with Gasteiger partial charge in [0.05, 0.1) is 0 Å². The lowest BCUT2D eigenvalue weighted by molar-refractivity contribution is 0.0850. The molecule has 0 radical (unpaired) electrons. The van der Waals surface area contributed by atoms with Crippen LogP contribution in [0.2, 0.25) is 0 Å². The molecule has 4 nitrogen and oxygen atoms in total. The zero-order chi connectivity index (χ0) is 13.2. The van der Waals surface area contributed by atoms with Crippen molar-refractivity contribution in [2.24, 2.45) is 0 Å². The first kappa shape index (κ1) is 12.9. The van der Waals surface area contributed by atoms with Gasteiger partial charge in [0.25, 0.3) is 5.91 Å². The first-order valence-corrected chi connectivity index (χ1v) is 6.57. The molecule has 4 heteroatoms. The molecule has 1 heterocycles. The first-order valence-electron chi connectivity index (χ1n) is 6.57. The van der Waals surface area contributed by atoms with Crippen LogP contribution in [0, 0.1) is 0 Å². The molecule has 0 atom stereocenters. The van der Waals surface area contributed by atoms with Crippen molar-refractivity contribution >= 4 is 11.7 Å². The molecule has 0 aliphatic heterocycles. The maximum atomic E-state index is 12.2. The molecule has 0 unspecified atom stereocenters. The summed E-state index contributed by atoms with van der Waals surface area (Å²) in [6.07, 6.45) is 4.18. The lowest BCUT2D eigenvalue weighted by Gasteiger charge is -2.39. The molecule has 1 aliphatic rings. The van der Waals surface area contributed by atoms with Crippen LogP contribution in [-0.2, 0) is 6.42 Å². The van der Waals surface area contributed by atoms with E-state index in [0.29, 0.717) is 5.56 Å². The quantitative estimate of drug-likeness (QED) is 0.858. The van der Waals surface area contributed by atoms with Crippen LogP contribution in [0.3, 0.4) is 0 Å². The third-order valence-corrected chi connectivity index (χ3v) is 3.63. The minimum Gasteiger partial charge on any atom is -0.373 e. The molecule has 18 heavy (non-hydrogen) atoms. The van der Waals surface area contributed by atoms with Crippen LogP contribution in [0.4, 0.5) is 5.82 Å². The molecular weight excluding hydrogens is 226 g/mol. The molecule has 1 aromatic rings. The number of carbonyl (C=O) groups is 1. The zero-order valence-corrected chi connectivity index (χ0v) is 11.3. The summed E-state index contributed by atoms with van der Waals surface area (Å²) in [5.41, 5.74) is 1.62. The molecule has 1 fully saturated rings. The number of nitrogens with one attached hydrogen (secondary N) is 2. The lowest BCUT2D eigenvalue weighted by atomic mass is 9.78. The summed E-state index contributed by atoms with van der Waals surface area (Å²) in [4.78, 5) is 16.6. The van der Waals surface area contributed by atoms with Crippen molar-refractivity contribution in [2.45, 2.75) is 45.1 Å². The predicted molar refractivity (Wildman–Crippen MR) is 72.9 cm³/mol. The summed E-state index contributed by atoms with van der Waals surface area (Å²) in [5.74, 6) is 0.754. The monoisotopic (exact) mass is 247 g/mol. The van der Waals surface area contributed by atoms with Crippen molar-refractivity contribution < 1.29 is 4.79 Å². The molecule has 2 rings (SSSR count). The minimum atomic E-state index is -0.00740. The van der Waals surface area contributed by atoms with Crippen molar-refractivity contribution in [3.05, 3.63) is 23.4 Å². The molecule has 1 aromatic heterocycles. The molecule has 2 N–H and O–H groups in total. The van der Waals surface area contributed by atoms with E-state index in [4.69, 9.17) is 0 Å². The summed E-state index contributed by atoms with van der Waals surface area (Å²) in [5, 5.41) is 6.11. The van der Waals surface area contributed by atoms with Gasteiger partial charge in [-0.25, -0.2) is 4.98 Å². The van der Waals surface area contributed by atoms with Gasteiger partial charge in [-0.15, -0.1) is 0 Å². The van der Waals surface area contributed by atoms with Gasteiger partial charge in [0.15, 0.2) is 0 Å². The Hall–Kier alpha value is -1.58. The fourth-order valence-corrected chi connectivity index (χ4v) is 2.21.